The topological polar surface area (TPSA) is 83.8 Å². The van der Waals surface area contributed by atoms with E-state index >= 15 is 0 Å². The number of carbonyl (C=O) groups excluding carboxylic acids is 2. The van der Waals surface area contributed by atoms with Crippen molar-refractivity contribution in [1.82, 2.24) is 0 Å². The maximum absolute atomic E-state index is 14.4. The van der Waals surface area contributed by atoms with Crippen LogP contribution in [0.2, 0.25) is 0 Å². The molecule has 0 heterocycles. The summed E-state index contributed by atoms with van der Waals surface area (Å²) in [6, 6.07) is 0. The van der Waals surface area contributed by atoms with Gasteiger partial charge in [0.2, 0.25) is 0 Å². The minimum Gasteiger partial charge on any atom is -0.469 e. The number of Topliss-reactive ketones (excluding diaryl/α,β-unsaturated/α-hetero) is 1. The Morgan fingerprint density at radius 2 is 1.50 bits per heavy atom. The fraction of sp³-hybridized carbons (Fsp3) is 0.935. The van der Waals surface area contributed by atoms with Crippen LogP contribution < -0.4 is 0 Å². The van der Waals surface area contributed by atoms with Gasteiger partial charge in [0.25, 0.3) is 0 Å². The van der Waals surface area contributed by atoms with E-state index in [1.165, 1.54) is 7.11 Å². The molecule has 204 valence electrons. The lowest BCUT2D eigenvalue weighted by molar-refractivity contribution is -0.263. The van der Waals surface area contributed by atoms with Gasteiger partial charge in [0, 0.05) is 12.3 Å². The summed E-state index contributed by atoms with van der Waals surface area (Å²) in [5, 5.41) is 22.8. The first-order valence-electron chi connectivity index (χ1n) is 14.5. The first-order chi connectivity index (χ1) is 16.5. The Kier molecular flexibility index (Phi) is 5.78. The number of hydrogen-bond acceptors (Lipinski definition) is 5. The predicted octanol–water partition coefficient (Wildman–Crippen LogP) is 5.55. The molecule has 0 aromatic rings. The third-order valence-corrected chi connectivity index (χ3v) is 13.6. The minimum atomic E-state index is -0.981. The van der Waals surface area contributed by atoms with Crippen molar-refractivity contribution in [3.05, 3.63) is 0 Å². The number of ether oxygens (including phenoxy) is 1. The first-order valence-corrected chi connectivity index (χ1v) is 14.5. The highest BCUT2D eigenvalue weighted by Gasteiger charge is 2.75. The lowest BCUT2D eigenvalue weighted by atomic mass is 9.31. The van der Waals surface area contributed by atoms with Crippen molar-refractivity contribution in [2.45, 2.75) is 118 Å². The molecule has 0 radical (unpaired) electrons. The average molecular weight is 503 g/mol. The van der Waals surface area contributed by atoms with E-state index in [4.69, 9.17) is 4.74 Å². The van der Waals surface area contributed by atoms with Gasteiger partial charge in [-0.3, -0.25) is 9.59 Å². The summed E-state index contributed by atoms with van der Waals surface area (Å²) in [6.45, 7) is 16.0. The van der Waals surface area contributed by atoms with Gasteiger partial charge >= 0.3 is 5.97 Å². The van der Waals surface area contributed by atoms with E-state index in [1.807, 2.05) is 0 Å². The zero-order valence-corrected chi connectivity index (χ0v) is 23.9. The highest BCUT2D eigenvalue weighted by atomic mass is 16.5. The fourth-order valence-electron chi connectivity index (χ4n) is 11.4. The number of aliphatic hydroxyl groups excluding tert-OH is 2. The molecule has 5 nitrogen and oxygen atoms in total. The summed E-state index contributed by atoms with van der Waals surface area (Å²) in [4.78, 5) is 27.8. The number of fused-ring (bicyclic) bond motifs is 7. The van der Waals surface area contributed by atoms with Crippen LogP contribution in [0.1, 0.15) is 106 Å². The van der Waals surface area contributed by atoms with Crippen LogP contribution in [0.4, 0.5) is 0 Å². The third-order valence-electron chi connectivity index (χ3n) is 13.6. The van der Waals surface area contributed by atoms with Gasteiger partial charge in [-0.2, -0.15) is 0 Å². The number of rotatable bonds is 1. The Hall–Kier alpha value is -0.940. The summed E-state index contributed by atoms with van der Waals surface area (Å²) in [5.74, 6) is 0.144. The van der Waals surface area contributed by atoms with E-state index in [0.29, 0.717) is 31.0 Å². The summed E-state index contributed by atoms with van der Waals surface area (Å²) < 4.78 is 5.35. The van der Waals surface area contributed by atoms with Crippen molar-refractivity contribution in [3.8, 4) is 0 Å². The molecular weight excluding hydrogens is 452 g/mol. The molecule has 0 aromatic carbocycles. The molecule has 1 unspecified atom stereocenters. The van der Waals surface area contributed by atoms with Crippen LogP contribution in [0.3, 0.4) is 0 Å². The second-order valence-electron chi connectivity index (χ2n) is 15.7. The van der Waals surface area contributed by atoms with Crippen LogP contribution in [0.15, 0.2) is 0 Å². The van der Waals surface area contributed by atoms with Gasteiger partial charge in [-0.15, -0.1) is 0 Å². The third kappa shape index (κ3) is 3.08. The molecule has 0 aliphatic heterocycles. The monoisotopic (exact) mass is 502 g/mol. The molecule has 0 spiro atoms. The molecule has 0 aromatic heterocycles. The van der Waals surface area contributed by atoms with Crippen LogP contribution >= 0.6 is 0 Å². The molecule has 0 amide bonds. The standard InChI is InChI=1S/C31H50O5/c1-26(2)13-14-31(25(35)36-8)18(16-26)24-19(32)15-21-28(5)11-10-22(33)27(3,4)20(28)9-12-29(21,6)30(24,7)17-23(31)34/h18,20-24,33-34H,9-17H2,1-8H3/t18-,20-,21+,22-,23+,24?,28-,29+,30+,31+/m0/s1. The Morgan fingerprint density at radius 3 is 2.14 bits per heavy atom. The molecule has 5 rings (SSSR count). The number of esters is 1. The second kappa shape index (κ2) is 7.81. The van der Waals surface area contributed by atoms with Gasteiger partial charge in [-0.25, -0.2) is 0 Å². The summed E-state index contributed by atoms with van der Waals surface area (Å²) in [5.41, 5.74) is -1.64. The van der Waals surface area contributed by atoms with E-state index in [0.717, 1.165) is 38.5 Å². The second-order valence-corrected chi connectivity index (χ2v) is 15.7. The summed E-state index contributed by atoms with van der Waals surface area (Å²) >= 11 is 0. The SMILES string of the molecule is COC(=O)[C@]12CCC(C)(C)C[C@H]1C1C(=O)C[C@@H]3[C@@]4(C)CC[C@H](O)C(C)(C)[C@@H]4CC[C@@]3(C)[C@]1(C)C[C@H]2O. The average Bonchev–Trinajstić information content (AvgIpc) is 2.77. The van der Waals surface area contributed by atoms with Gasteiger partial charge in [0.15, 0.2) is 0 Å². The van der Waals surface area contributed by atoms with Crippen molar-refractivity contribution < 1.29 is 24.5 Å². The maximum atomic E-state index is 14.4. The van der Waals surface area contributed by atoms with Crippen molar-refractivity contribution in [2.75, 3.05) is 7.11 Å². The Labute approximate surface area is 218 Å². The van der Waals surface area contributed by atoms with Crippen molar-refractivity contribution in [3.63, 3.8) is 0 Å². The van der Waals surface area contributed by atoms with Crippen LogP contribution in [-0.4, -0.2) is 41.3 Å². The van der Waals surface area contributed by atoms with E-state index < -0.39 is 11.5 Å². The highest BCUT2D eigenvalue weighted by molar-refractivity contribution is 5.87. The molecule has 5 aliphatic rings. The number of carbonyl (C=O) groups is 2. The summed E-state index contributed by atoms with van der Waals surface area (Å²) in [7, 11) is 1.43. The smallest absolute Gasteiger partial charge is 0.314 e. The van der Waals surface area contributed by atoms with E-state index in [1.54, 1.807) is 0 Å². The van der Waals surface area contributed by atoms with Crippen LogP contribution in [-0.2, 0) is 14.3 Å². The lowest BCUT2D eigenvalue weighted by Crippen LogP contribution is -2.72. The number of hydrogen-bond donors (Lipinski definition) is 2. The number of ketones is 1. The minimum absolute atomic E-state index is 0.0192. The van der Waals surface area contributed by atoms with Crippen molar-refractivity contribution in [2.24, 2.45) is 56.2 Å². The largest absolute Gasteiger partial charge is 0.469 e. The van der Waals surface area contributed by atoms with Crippen molar-refractivity contribution in [1.29, 1.82) is 0 Å². The van der Waals surface area contributed by atoms with Gasteiger partial charge in [-0.1, -0.05) is 48.5 Å². The van der Waals surface area contributed by atoms with Gasteiger partial charge in [-0.05, 0) is 96.2 Å². The molecule has 10 atom stereocenters. The van der Waals surface area contributed by atoms with Gasteiger partial charge < -0.3 is 14.9 Å². The Balaban J connectivity index is 1.63. The zero-order chi connectivity index (χ0) is 26.7. The normalized spacial score (nSPS) is 53.3. The van der Waals surface area contributed by atoms with Crippen molar-refractivity contribution >= 4 is 11.8 Å². The molecule has 36 heavy (non-hydrogen) atoms. The molecule has 2 N–H and O–H groups in total. The summed E-state index contributed by atoms with van der Waals surface area (Å²) in [6.07, 6.45) is 5.92. The molecular formula is C31H50O5. The Bertz CT molecular complexity index is 955. The molecule has 5 fully saturated rings. The van der Waals surface area contributed by atoms with Gasteiger partial charge in [0.05, 0.1) is 24.7 Å². The van der Waals surface area contributed by atoms with Crippen LogP contribution in [0.5, 0.6) is 0 Å². The van der Waals surface area contributed by atoms with E-state index in [2.05, 4.69) is 48.5 Å². The molecule has 0 saturated heterocycles. The molecule has 5 heteroatoms. The quantitative estimate of drug-likeness (QED) is 0.459. The van der Waals surface area contributed by atoms with E-state index in [-0.39, 0.29) is 56.9 Å². The lowest BCUT2D eigenvalue weighted by Gasteiger charge is -2.73. The highest BCUT2D eigenvalue weighted by Crippen LogP contribution is 2.76. The maximum Gasteiger partial charge on any atom is 0.314 e. The fourth-order valence-corrected chi connectivity index (χ4v) is 11.4. The number of methoxy groups -OCH3 is 1. The van der Waals surface area contributed by atoms with Gasteiger partial charge in [0.1, 0.15) is 5.78 Å². The number of aliphatic hydroxyl groups is 2. The molecule has 0 bridgehead atoms. The first kappa shape index (κ1) is 26.7. The molecule has 5 aliphatic carbocycles. The molecule has 5 saturated carbocycles. The Morgan fingerprint density at radius 1 is 0.833 bits per heavy atom. The zero-order valence-electron chi connectivity index (χ0n) is 23.9. The van der Waals surface area contributed by atoms with Crippen LogP contribution in [0.25, 0.3) is 0 Å². The van der Waals surface area contributed by atoms with Crippen LogP contribution in [0, 0.1) is 56.2 Å². The predicted molar refractivity (Wildman–Crippen MR) is 139 cm³/mol. The van der Waals surface area contributed by atoms with E-state index in [9.17, 15) is 19.8 Å².